The van der Waals surface area contributed by atoms with E-state index >= 15 is 0 Å². The minimum Gasteiger partial charge on any atom is -0.449 e. The maximum atomic E-state index is 12.8. The molecular formula is C24H36F3N5O2. The number of ether oxygens (including phenoxy) is 1. The molecule has 10 heteroatoms. The lowest BCUT2D eigenvalue weighted by Crippen LogP contribution is -2.64. The van der Waals surface area contributed by atoms with Gasteiger partial charge < -0.3 is 14.5 Å². The molecule has 3 heterocycles. The van der Waals surface area contributed by atoms with Crippen LogP contribution in [0.5, 0.6) is 0 Å². The van der Waals surface area contributed by atoms with E-state index in [2.05, 4.69) is 35.6 Å². The Kier molecular flexibility index (Phi) is 6.50. The molecule has 2 saturated heterocycles. The fraction of sp³-hybridized carbons (Fsp3) is 0.792. The third kappa shape index (κ3) is 5.42. The zero-order valence-electron chi connectivity index (χ0n) is 20.7. The summed E-state index contributed by atoms with van der Waals surface area (Å²) < 4.78 is 44.0. The predicted octanol–water partition coefficient (Wildman–Crippen LogP) is 4.29. The zero-order chi connectivity index (χ0) is 24.9. The molecule has 1 amide bonds. The van der Waals surface area contributed by atoms with Crippen LogP contribution < -0.4 is 4.90 Å². The van der Waals surface area contributed by atoms with Crippen molar-refractivity contribution in [2.75, 3.05) is 44.2 Å². The molecule has 1 aromatic heterocycles. The van der Waals surface area contributed by atoms with Gasteiger partial charge in [0.25, 0.3) is 0 Å². The Balaban J connectivity index is 1.22. The number of halogens is 3. The van der Waals surface area contributed by atoms with Crippen LogP contribution >= 0.6 is 0 Å². The van der Waals surface area contributed by atoms with Gasteiger partial charge in [0.1, 0.15) is 0 Å². The van der Waals surface area contributed by atoms with Crippen molar-refractivity contribution in [2.24, 2.45) is 16.7 Å². The third-order valence-electron chi connectivity index (χ3n) is 7.08. The van der Waals surface area contributed by atoms with E-state index in [1.807, 2.05) is 18.7 Å². The number of anilines is 1. The summed E-state index contributed by atoms with van der Waals surface area (Å²) in [7, 11) is 0. The van der Waals surface area contributed by atoms with Gasteiger partial charge in [-0.05, 0) is 43.4 Å². The molecule has 1 aromatic rings. The van der Waals surface area contributed by atoms with E-state index in [-0.39, 0.29) is 24.1 Å². The SMILES string of the molecule is C[C@@H]1CN(c2ncc(C(F)(F)F)cn2)C[C@H](C)N1C(=O)OCC1CC2(C1)CN(CC(C)(C)C)C2. The summed E-state index contributed by atoms with van der Waals surface area (Å²) in [6, 6.07) is -0.347. The number of amides is 1. The van der Waals surface area contributed by atoms with Gasteiger partial charge in [-0.2, -0.15) is 13.2 Å². The fourth-order valence-electron chi connectivity index (χ4n) is 5.97. The van der Waals surface area contributed by atoms with E-state index in [0.29, 0.717) is 36.4 Å². The first-order valence-corrected chi connectivity index (χ1v) is 12.1. The number of hydrogen-bond acceptors (Lipinski definition) is 6. The minimum absolute atomic E-state index is 0.174. The summed E-state index contributed by atoms with van der Waals surface area (Å²) in [5.41, 5.74) is -0.131. The Morgan fingerprint density at radius 3 is 2.15 bits per heavy atom. The molecule has 4 rings (SSSR count). The van der Waals surface area contributed by atoms with Crippen LogP contribution in [0.15, 0.2) is 12.4 Å². The van der Waals surface area contributed by atoms with Crippen LogP contribution in [0, 0.1) is 16.7 Å². The number of rotatable bonds is 4. The lowest BCUT2D eigenvalue weighted by atomic mass is 9.57. The van der Waals surface area contributed by atoms with Crippen LogP contribution in [-0.2, 0) is 10.9 Å². The smallest absolute Gasteiger partial charge is 0.419 e. The van der Waals surface area contributed by atoms with Crippen LogP contribution in [0.1, 0.15) is 53.0 Å². The van der Waals surface area contributed by atoms with E-state index in [1.54, 1.807) is 4.90 Å². The molecule has 0 unspecified atom stereocenters. The maximum absolute atomic E-state index is 12.8. The Morgan fingerprint density at radius 2 is 1.65 bits per heavy atom. The molecule has 3 aliphatic rings. The van der Waals surface area contributed by atoms with Gasteiger partial charge in [0.05, 0.1) is 24.3 Å². The Bertz CT molecular complexity index is 860. The molecule has 2 atom stereocenters. The molecule has 1 saturated carbocycles. The first kappa shape index (κ1) is 25.0. The normalized spacial score (nSPS) is 25.8. The van der Waals surface area contributed by atoms with E-state index in [0.717, 1.165) is 44.9 Å². The lowest BCUT2D eigenvalue weighted by Gasteiger charge is -2.60. The Morgan fingerprint density at radius 1 is 1.09 bits per heavy atom. The van der Waals surface area contributed by atoms with Gasteiger partial charge in [0, 0.05) is 45.1 Å². The molecule has 2 aliphatic heterocycles. The van der Waals surface area contributed by atoms with Crippen molar-refractivity contribution in [1.82, 2.24) is 19.8 Å². The summed E-state index contributed by atoms with van der Waals surface area (Å²) >= 11 is 0. The standard InChI is InChI=1S/C24H36F3N5O2/c1-16-10-31(20-28-8-19(9-29-20)24(25,26)27)11-17(2)32(16)21(33)34-12-18-6-23(7-18)14-30(15-23)13-22(3,4)5/h8-9,16-18H,6-7,10-15H2,1-5H3/t16-,17+. The molecule has 3 fully saturated rings. The monoisotopic (exact) mass is 483 g/mol. The van der Waals surface area contributed by atoms with Crippen LogP contribution in [0.2, 0.25) is 0 Å². The van der Waals surface area contributed by atoms with Gasteiger partial charge in [-0.15, -0.1) is 0 Å². The van der Waals surface area contributed by atoms with Crippen molar-refractivity contribution in [3.05, 3.63) is 18.0 Å². The first-order chi connectivity index (χ1) is 15.7. The highest BCUT2D eigenvalue weighted by Crippen LogP contribution is 2.52. The van der Waals surface area contributed by atoms with Crippen LogP contribution in [0.25, 0.3) is 0 Å². The maximum Gasteiger partial charge on any atom is 0.419 e. The summed E-state index contributed by atoms with van der Waals surface area (Å²) in [6.07, 6.45) is -0.957. The molecule has 7 nitrogen and oxygen atoms in total. The molecule has 1 spiro atoms. The van der Waals surface area contributed by atoms with E-state index in [9.17, 15) is 18.0 Å². The highest BCUT2D eigenvalue weighted by Gasteiger charge is 2.52. The second-order valence-corrected chi connectivity index (χ2v) is 11.8. The zero-order valence-corrected chi connectivity index (χ0v) is 20.7. The van der Waals surface area contributed by atoms with Crippen molar-refractivity contribution in [2.45, 2.75) is 65.7 Å². The van der Waals surface area contributed by atoms with E-state index in [4.69, 9.17) is 4.74 Å². The van der Waals surface area contributed by atoms with Gasteiger partial charge in [0.2, 0.25) is 5.95 Å². The Hall–Kier alpha value is -2.10. The van der Waals surface area contributed by atoms with Crippen molar-refractivity contribution in [3.63, 3.8) is 0 Å². The summed E-state index contributed by atoms with van der Waals surface area (Å²) in [5, 5.41) is 0. The quantitative estimate of drug-likeness (QED) is 0.637. The van der Waals surface area contributed by atoms with Gasteiger partial charge in [-0.3, -0.25) is 4.90 Å². The van der Waals surface area contributed by atoms with E-state index < -0.39 is 11.7 Å². The highest BCUT2D eigenvalue weighted by atomic mass is 19.4. The number of hydrogen-bond donors (Lipinski definition) is 0. The van der Waals surface area contributed by atoms with E-state index in [1.165, 1.54) is 0 Å². The lowest BCUT2D eigenvalue weighted by molar-refractivity contribution is -0.138. The number of carbonyl (C=O) groups is 1. The molecule has 0 radical (unpaired) electrons. The van der Waals surface area contributed by atoms with Gasteiger partial charge in [-0.25, -0.2) is 14.8 Å². The van der Waals surface area contributed by atoms with Gasteiger partial charge in [-0.1, -0.05) is 20.8 Å². The van der Waals surface area contributed by atoms with Gasteiger partial charge >= 0.3 is 12.3 Å². The first-order valence-electron chi connectivity index (χ1n) is 12.1. The third-order valence-corrected chi connectivity index (χ3v) is 7.08. The van der Waals surface area contributed by atoms with Crippen LogP contribution in [-0.4, -0.2) is 77.3 Å². The second kappa shape index (κ2) is 8.84. The number of likely N-dealkylation sites (tertiary alicyclic amines) is 1. The summed E-state index contributed by atoms with van der Waals surface area (Å²) in [6.45, 7) is 15.3. The largest absolute Gasteiger partial charge is 0.449 e. The van der Waals surface area contributed by atoms with Gasteiger partial charge in [0.15, 0.2) is 0 Å². The highest BCUT2D eigenvalue weighted by molar-refractivity contribution is 5.69. The van der Waals surface area contributed by atoms with Crippen molar-refractivity contribution < 1.29 is 22.7 Å². The average molecular weight is 484 g/mol. The molecule has 0 aromatic carbocycles. The van der Waals surface area contributed by atoms with Crippen LogP contribution in [0.3, 0.4) is 0 Å². The number of alkyl halides is 3. The molecule has 0 N–H and O–H groups in total. The van der Waals surface area contributed by atoms with Crippen LogP contribution in [0.4, 0.5) is 23.9 Å². The Labute approximate surface area is 199 Å². The number of carbonyl (C=O) groups excluding carboxylic acids is 1. The van der Waals surface area contributed by atoms with Crippen molar-refractivity contribution >= 4 is 12.0 Å². The summed E-state index contributed by atoms with van der Waals surface area (Å²) in [4.78, 5) is 26.7. The molecular weight excluding hydrogens is 447 g/mol. The summed E-state index contributed by atoms with van der Waals surface area (Å²) in [5.74, 6) is 0.661. The predicted molar refractivity (Wildman–Crippen MR) is 122 cm³/mol. The van der Waals surface area contributed by atoms with Crippen molar-refractivity contribution in [1.29, 1.82) is 0 Å². The fourth-order valence-corrected chi connectivity index (χ4v) is 5.97. The minimum atomic E-state index is -4.47. The van der Waals surface area contributed by atoms with Crippen molar-refractivity contribution in [3.8, 4) is 0 Å². The average Bonchev–Trinajstić information content (AvgIpc) is 2.66. The molecule has 1 aliphatic carbocycles. The molecule has 34 heavy (non-hydrogen) atoms. The number of aromatic nitrogens is 2. The topological polar surface area (TPSA) is 61.8 Å². The number of piperazine rings is 1. The second-order valence-electron chi connectivity index (χ2n) is 11.8. The number of nitrogens with zero attached hydrogens (tertiary/aromatic N) is 5. The molecule has 190 valence electrons. The molecule has 0 bridgehead atoms.